The fourth-order valence-corrected chi connectivity index (χ4v) is 2.48. The number of esters is 1. The van der Waals surface area contributed by atoms with E-state index in [1.807, 2.05) is 30.3 Å². The molecule has 1 amide bonds. The van der Waals surface area contributed by atoms with Crippen LogP contribution in [-0.2, 0) is 16.1 Å². The van der Waals surface area contributed by atoms with Crippen molar-refractivity contribution in [2.24, 2.45) is 0 Å². The Morgan fingerprint density at radius 3 is 2.36 bits per heavy atom. The molecule has 2 rings (SSSR count). The predicted octanol–water partition coefficient (Wildman–Crippen LogP) is 2.42. The van der Waals surface area contributed by atoms with Gasteiger partial charge < -0.3 is 10.1 Å². The van der Waals surface area contributed by atoms with Crippen LogP contribution < -0.4 is 5.32 Å². The van der Waals surface area contributed by atoms with Crippen LogP contribution in [0.25, 0.3) is 0 Å². The Hall–Kier alpha value is -2.47. The molecule has 1 aromatic carbocycles. The van der Waals surface area contributed by atoms with Gasteiger partial charge in [-0.25, -0.2) is 4.79 Å². The Kier molecular flexibility index (Phi) is 5.43. The van der Waals surface area contributed by atoms with E-state index in [1.54, 1.807) is 6.07 Å². The molecule has 114 valence electrons. The minimum absolute atomic E-state index is 0.107. The average molecular weight is 317 g/mol. The maximum atomic E-state index is 11.8. The van der Waals surface area contributed by atoms with Crippen molar-refractivity contribution in [3.63, 3.8) is 0 Å². The Bertz CT molecular complexity index is 678. The number of hydrogen-bond acceptors (Lipinski definition) is 5. The van der Waals surface area contributed by atoms with Crippen LogP contribution in [0.15, 0.2) is 42.5 Å². The first-order valence-corrected chi connectivity index (χ1v) is 7.46. The third-order valence-electron chi connectivity index (χ3n) is 2.82. The molecule has 1 heterocycles. The van der Waals surface area contributed by atoms with Crippen LogP contribution in [0.1, 0.15) is 31.8 Å². The SMILES string of the molecule is CC(=O)c1ccc(C(=O)OCC(=O)NCc2ccccc2)s1. The second-order valence-electron chi connectivity index (χ2n) is 4.56. The third kappa shape index (κ3) is 4.53. The van der Waals surface area contributed by atoms with Gasteiger partial charge in [-0.2, -0.15) is 0 Å². The highest BCUT2D eigenvalue weighted by Crippen LogP contribution is 2.17. The number of ether oxygens (including phenoxy) is 1. The first-order chi connectivity index (χ1) is 10.6. The topological polar surface area (TPSA) is 72.5 Å². The Morgan fingerprint density at radius 1 is 1.05 bits per heavy atom. The quantitative estimate of drug-likeness (QED) is 0.656. The lowest BCUT2D eigenvalue weighted by Crippen LogP contribution is -2.28. The molecule has 22 heavy (non-hydrogen) atoms. The summed E-state index contributed by atoms with van der Waals surface area (Å²) in [6.45, 7) is 1.46. The largest absolute Gasteiger partial charge is 0.451 e. The van der Waals surface area contributed by atoms with Gasteiger partial charge in [-0.1, -0.05) is 30.3 Å². The third-order valence-corrected chi connectivity index (χ3v) is 3.99. The van der Waals surface area contributed by atoms with Gasteiger partial charge in [0.1, 0.15) is 4.88 Å². The predicted molar refractivity (Wildman–Crippen MR) is 82.9 cm³/mol. The van der Waals surface area contributed by atoms with Crippen molar-refractivity contribution in [1.29, 1.82) is 0 Å². The maximum absolute atomic E-state index is 11.8. The van der Waals surface area contributed by atoms with Crippen molar-refractivity contribution in [3.05, 3.63) is 57.8 Å². The molecule has 0 saturated heterocycles. The van der Waals surface area contributed by atoms with Crippen molar-refractivity contribution in [1.82, 2.24) is 5.32 Å². The van der Waals surface area contributed by atoms with Gasteiger partial charge in [0.2, 0.25) is 0 Å². The van der Waals surface area contributed by atoms with Gasteiger partial charge in [-0.3, -0.25) is 9.59 Å². The van der Waals surface area contributed by atoms with Gasteiger partial charge in [0.15, 0.2) is 12.4 Å². The van der Waals surface area contributed by atoms with Crippen LogP contribution in [0, 0.1) is 0 Å². The summed E-state index contributed by atoms with van der Waals surface area (Å²) >= 11 is 1.06. The first kappa shape index (κ1) is 15.9. The molecule has 0 saturated carbocycles. The zero-order valence-corrected chi connectivity index (χ0v) is 12.8. The lowest BCUT2D eigenvalue weighted by Gasteiger charge is -2.05. The van der Waals surface area contributed by atoms with Crippen molar-refractivity contribution < 1.29 is 19.1 Å². The van der Waals surface area contributed by atoms with E-state index in [9.17, 15) is 14.4 Å². The number of amides is 1. The Balaban J connectivity index is 1.78. The monoisotopic (exact) mass is 317 g/mol. The number of Topliss-reactive ketones (excluding diaryl/α,β-unsaturated/α-hetero) is 1. The summed E-state index contributed by atoms with van der Waals surface area (Å²) in [4.78, 5) is 35.3. The number of nitrogens with one attached hydrogen (secondary N) is 1. The van der Waals surface area contributed by atoms with E-state index in [2.05, 4.69) is 5.32 Å². The smallest absolute Gasteiger partial charge is 0.348 e. The zero-order chi connectivity index (χ0) is 15.9. The minimum Gasteiger partial charge on any atom is -0.451 e. The lowest BCUT2D eigenvalue weighted by atomic mass is 10.2. The fourth-order valence-electron chi connectivity index (χ4n) is 1.69. The molecule has 0 radical (unpaired) electrons. The van der Waals surface area contributed by atoms with Crippen LogP contribution in [0.3, 0.4) is 0 Å². The molecule has 5 nitrogen and oxygen atoms in total. The standard InChI is InChI=1S/C16H15NO4S/c1-11(18)13-7-8-14(22-13)16(20)21-10-15(19)17-9-12-5-3-2-4-6-12/h2-8H,9-10H2,1H3,(H,17,19). The molecule has 1 N–H and O–H groups in total. The van der Waals surface area contributed by atoms with E-state index in [0.29, 0.717) is 16.3 Å². The molecule has 0 aliphatic rings. The Morgan fingerprint density at radius 2 is 1.73 bits per heavy atom. The van der Waals surface area contributed by atoms with Gasteiger partial charge in [0.25, 0.3) is 5.91 Å². The zero-order valence-electron chi connectivity index (χ0n) is 12.0. The fraction of sp³-hybridized carbons (Fsp3) is 0.188. The molecule has 6 heteroatoms. The number of carbonyl (C=O) groups excluding carboxylic acids is 3. The second kappa shape index (κ2) is 7.51. The normalized spacial score (nSPS) is 10.0. The number of ketones is 1. The van der Waals surface area contributed by atoms with E-state index in [4.69, 9.17) is 4.74 Å². The van der Waals surface area contributed by atoms with Crippen molar-refractivity contribution in [3.8, 4) is 0 Å². The highest BCUT2D eigenvalue weighted by molar-refractivity contribution is 7.15. The number of carbonyl (C=O) groups is 3. The number of thiophene rings is 1. The molecule has 0 unspecified atom stereocenters. The summed E-state index contributed by atoms with van der Waals surface area (Å²) in [5.41, 5.74) is 0.964. The van der Waals surface area contributed by atoms with Gasteiger partial charge in [0.05, 0.1) is 4.88 Å². The van der Waals surface area contributed by atoms with E-state index < -0.39 is 5.97 Å². The van der Waals surface area contributed by atoms with E-state index in [-0.39, 0.29) is 18.3 Å². The highest BCUT2D eigenvalue weighted by Gasteiger charge is 2.14. The maximum Gasteiger partial charge on any atom is 0.348 e. The van der Waals surface area contributed by atoms with Gasteiger partial charge in [-0.05, 0) is 24.6 Å². The molecule has 0 fully saturated rings. The highest BCUT2D eigenvalue weighted by atomic mass is 32.1. The van der Waals surface area contributed by atoms with Crippen LogP contribution in [0.4, 0.5) is 0 Å². The summed E-state index contributed by atoms with van der Waals surface area (Å²) in [5, 5.41) is 2.66. The number of hydrogen-bond donors (Lipinski definition) is 1. The molecular weight excluding hydrogens is 302 g/mol. The van der Waals surface area contributed by atoms with Gasteiger partial charge in [0, 0.05) is 6.54 Å². The lowest BCUT2D eigenvalue weighted by molar-refractivity contribution is -0.124. The van der Waals surface area contributed by atoms with Crippen molar-refractivity contribution >= 4 is 29.0 Å². The van der Waals surface area contributed by atoms with E-state index in [1.165, 1.54) is 13.0 Å². The molecule has 0 aliphatic heterocycles. The molecule has 0 bridgehead atoms. The molecule has 0 atom stereocenters. The van der Waals surface area contributed by atoms with Crippen molar-refractivity contribution in [2.45, 2.75) is 13.5 Å². The van der Waals surface area contributed by atoms with E-state index in [0.717, 1.165) is 16.9 Å². The van der Waals surface area contributed by atoms with Crippen LogP contribution in [0.5, 0.6) is 0 Å². The summed E-state index contributed by atoms with van der Waals surface area (Å²) in [6.07, 6.45) is 0. The molecule has 0 spiro atoms. The molecule has 0 aliphatic carbocycles. The molecule has 2 aromatic rings. The summed E-state index contributed by atoms with van der Waals surface area (Å²) in [5.74, 6) is -1.09. The number of rotatable bonds is 6. The van der Waals surface area contributed by atoms with Gasteiger partial charge >= 0.3 is 5.97 Å². The average Bonchev–Trinajstić information content (AvgIpc) is 3.02. The van der Waals surface area contributed by atoms with Crippen LogP contribution in [0.2, 0.25) is 0 Å². The second-order valence-corrected chi connectivity index (χ2v) is 5.64. The van der Waals surface area contributed by atoms with E-state index >= 15 is 0 Å². The van der Waals surface area contributed by atoms with Gasteiger partial charge in [-0.15, -0.1) is 11.3 Å². The van der Waals surface area contributed by atoms with Crippen molar-refractivity contribution in [2.75, 3.05) is 6.61 Å². The summed E-state index contributed by atoms with van der Waals surface area (Å²) in [7, 11) is 0. The molecule has 1 aromatic heterocycles. The van der Waals surface area contributed by atoms with Crippen LogP contribution >= 0.6 is 11.3 Å². The Labute approximate surface area is 131 Å². The summed E-state index contributed by atoms with van der Waals surface area (Å²) < 4.78 is 4.92. The summed E-state index contributed by atoms with van der Waals surface area (Å²) in [6, 6.07) is 12.5. The first-order valence-electron chi connectivity index (χ1n) is 6.65. The van der Waals surface area contributed by atoms with Crippen LogP contribution in [-0.4, -0.2) is 24.3 Å². The number of benzene rings is 1. The molecular formula is C16H15NO4S. The minimum atomic E-state index is -0.604.